The predicted octanol–water partition coefficient (Wildman–Crippen LogP) is 1.05. The number of carboxylic acid groups (broad SMARTS) is 1. The number of fused-ring (bicyclic) bond motifs is 3. The highest BCUT2D eigenvalue weighted by molar-refractivity contribution is 5.90. The van der Waals surface area contributed by atoms with Gasteiger partial charge in [0.25, 0.3) is 5.56 Å². The summed E-state index contributed by atoms with van der Waals surface area (Å²) in [6, 6.07) is 6.98. The highest BCUT2D eigenvalue weighted by Gasteiger charge is 2.20. The lowest BCUT2D eigenvalue weighted by molar-refractivity contribution is -0.138. The van der Waals surface area contributed by atoms with Crippen LogP contribution >= 0.6 is 0 Å². The van der Waals surface area contributed by atoms with Crippen LogP contribution in [0.1, 0.15) is 18.1 Å². The number of aliphatic carboxylic acids is 1. The van der Waals surface area contributed by atoms with Crippen LogP contribution in [0.4, 0.5) is 5.69 Å². The number of carboxylic acids is 1. The van der Waals surface area contributed by atoms with Crippen LogP contribution in [0.25, 0.3) is 11.3 Å². The van der Waals surface area contributed by atoms with E-state index in [1.165, 1.54) is 13.0 Å². The van der Waals surface area contributed by atoms with Gasteiger partial charge in [0.1, 0.15) is 6.54 Å². The van der Waals surface area contributed by atoms with Crippen molar-refractivity contribution in [3.63, 3.8) is 0 Å². The molecule has 0 bridgehead atoms. The summed E-state index contributed by atoms with van der Waals surface area (Å²) in [5, 5.41) is 15.8. The number of carbonyl (C=O) groups excluding carboxylic acids is 1. The third-order valence-electron chi connectivity index (χ3n) is 3.71. The van der Waals surface area contributed by atoms with Crippen LogP contribution in [0.5, 0.6) is 0 Å². The van der Waals surface area contributed by atoms with Crippen LogP contribution in [0.2, 0.25) is 0 Å². The summed E-state index contributed by atoms with van der Waals surface area (Å²) in [5.41, 5.74) is 3.48. The molecule has 2 aromatic rings. The first-order chi connectivity index (χ1) is 10.9. The van der Waals surface area contributed by atoms with Gasteiger partial charge in [-0.25, -0.2) is 4.68 Å². The SMILES string of the molecule is CC(=O)Nc1ccc2c(c1)-c1nn(CC(=O)O)c(=O)cc1CC2. The van der Waals surface area contributed by atoms with Crippen molar-refractivity contribution in [2.24, 2.45) is 0 Å². The Morgan fingerprint density at radius 1 is 1.26 bits per heavy atom. The highest BCUT2D eigenvalue weighted by atomic mass is 16.4. The van der Waals surface area contributed by atoms with E-state index in [1.54, 1.807) is 6.07 Å². The molecular weight excluding hydrogens is 298 g/mol. The molecule has 0 saturated carbocycles. The van der Waals surface area contributed by atoms with Crippen LogP contribution < -0.4 is 10.9 Å². The summed E-state index contributed by atoms with van der Waals surface area (Å²) >= 11 is 0. The van der Waals surface area contributed by atoms with Crippen molar-refractivity contribution in [1.29, 1.82) is 0 Å². The smallest absolute Gasteiger partial charge is 0.325 e. The van der Waals surface area contributed by atoms with Crippen LogP contribution in [0.15, 0.2) is 29.1 Å². The van der Waals surface area contributed by atoms with Gasteiger partial charge in [0, 0.05) is 24.2 Å². The van der Waals surface area contributed by atoms with E-state index < -0.39 is 18.1 Å². The van der Waals surface area contributed by atoms with Gasteiger partial charge < -0.3 is 10.4 Å². The van der Waals surface area contributed by atoms with Crippen molar-refractivity contribution in [2.75, 3.05) is 5.32 Å². The molecule has 118 valence electrons. The number of aromatic nitrogens is 2. The molecular formula is C16H15N3O4. The molecule has 1 aliphatic rings. The number of rotatable bonds is 3. The fraction of sp³-hybridized carbons (Fsp3) is 0.250. The number of hydrogen-bond acceptors (Lipinski definition) is 4. The monoisotopic (exact) mass is 313 g/mol. The fourth-order valence-corrected chi connectivity index (χ4v) is 2.75. The average molecular weight is 313 g/mol. The van der Waals surface area contributed by atoms with Crippen molar-refractivity contribution in [3.05, 3.63) is 45.7 Å². The molecule has 0 radical (unpaired) electrons. The second-order valence-electron chi connectivity index (χ2n) is 5.46. The van der Waals surface area contributed by atoms with E-state index in [0.29, 0.717) is 17.8 Å². The Kier molecular flexibility index (Phi) is 3.69. The Labute approximate surface area is 131 Å². The normalized spacial score (nSPS) is 12.2. The van der Waals surface area contributed by atoms with Crippen LogP contribution in [-0.4, -0.2) is 26.8 Å². The molecule has 1 aliphatic carbocycles. The van der Waals surface area contributed by atoms with Crippen LogP contribution in [0.3, 0.4) is 0 Å². The van der Waals surface area contributed by atoms with Gasteiger partial charge in [0.2, 0.25) is 5.91 Å². The zero-order valence-corrected chi connectivity index (χ0v) is 12.5. The number of benzene rings is 1. The van der Waals surface area contributed by atoms with Gasteiger partial charge in [0.15, 0.2) is 0 Å². The molecule has 0 atom stereocenters. The van der Waals surface area contributed by atoms with Gasteiger partial charge in [-0.2, -0.15) is 5.10 Å². The number of hydrogen-bond donors (Lipinski definition) is 2. The van der Waals surface area contributed by atoms with E-state index >= 15 is 0 Å². The first-order valence-corrected chi connectivity index (χ1v) is 7.18. The van der Waals surface area contributed by atoms with E-state index in [4.69, 9.17) is 5.11 Å². The molecule has 1 aromatic heterocycles. The summed E-state index contributed by atoms with van der Waals surface area (Å²) < 4.78 is 0.946. The molecule has 1 aromatic carbocycles. The van der Waals surface area contributed by atoms with Crippen molar-refractivity contribution < 1.29 is 14.7 Å². The van der Waals surface area contributed by atoms with Crippen molar-refractivity contribution >= 4 is 17.6 Å². The molecule has 0 saturated heterocycles. The Morgan fingerprint density at radius 3 is 2.70 bits per heavy atom. The number of carbonyl (C=O) groups is 2. The molecule has 1 amide bonds. The molecule has 1 heterocycles. The minimum Gasteiger partial charge on any atom is -0.480 e. The second-order valence-corrected chi connectivity index (χ2v) is 5.46. The number of nitrogens with one attached hydrogen (secondary N) is 1. The minimum absolute atomic E-state index is 0.176. The first kappa shape index (κ1) is 15.0. The lowest BCUT2D eigenvalue weighted by Crippen LogP contribution is -2.28. The maximum atomic E-state index is 11.9. The van der Waals surface area contributed by atoms with Crippen LogP contribution in [0, 0.1) is 0 Å². The molecule has 0 fully saturated rings. The zero-order valence-electron chi connectivity index (χ0n) is 12.5. The molecule has 7 heteroatoms. The number of aryl methyl sites for hydroxylation is 2. The standard InChI is InChI=1S/C16H15N3O4/c1-9(20)17-12-5-4-10-2-3-11-6-14(21)19(8-15(22)23)18-16(11)13(10)7-12/h4-7H,2-3,8H2,1H3,(H,17,20)(H,22,23). The Hall–Kier alpha value is -2.96. The number of nitrogens with zero attached hydrogens (tertiary/aromatic N) is 2. The first-order valence-electron chi connectivity index (χ1n) is 7.18. The topological polar surface area (TPSA) is 101 Å². The quantitative estimate of drug-likeness (QED) is 0.882. The Morgan fingerprint density at radius 2 is 2.00 bits per heavy atom. The van der Waals surface area contributed by atoms with Gasteiger partial charge in [-0.1, -0.05) is 6.07 Å². The Balaban J connectivity index is 2.12. The third kappa shape index (κ3) is 2.98. The van der Waals surface area contributed by atoms with Gasteiger partial charge in [-0.3, -0.25) is 14.4 Å². The molecule has 7 nitrogen and oxygen atoms in total. The van der Waals surface area contributed by atoms with E-state index in [-0.39, 0.29) is 5.91 Å². The molecule has 2 N–H and O–H groups in total. The molecule has 0 aliphatic heterocycles. The van der Waals surface area contributed by atoms with Gasteiger partial charge in [-0.15, -0.1) is 0 Å². The summed E-state index contributed by atoms with van der Waals surface area (Å²) in [7, 11) is 0. The lowest BCUT2D eigenvalue weighted by atomic mass is 9.89. The second kappa shape index (κ2) is 5.68. The molecule has 0 spiro atoms. The number of anilines is 1. The number of amides is 1. The van der Waals surface area contributed by atoms with Crippen molar-refractivity contribution in [2.45, 2.75) is 26.3 Å². The third-order valence-corrected chi connectivity index (χ3v) is 3.71. The summed E-state index contributed by atoms with van der Waals surface area (Å²) in [5.74, 6) is -1.30. The van der Waals surface area contributed by atoms with E-state index in [0.717, 1.165) is 27.8 Å². The summed E-state index contributed by atoms with van der Waals surface area (Å²) in [6.45, 7) is 0.947. The van der Waals surface area contributed by atoms with E-state index in [9.17, 15) is 14.4 Å². The van der Waals surface area contributed by atoms with Gasteiger partial charge >= 0.3 is 5.97 Å². The van der Waals surface area contributed by atoms with Crippen LogP contribution in [-0.2, 0) is 29.0 Å². The maximum Gasteiger partial charge on any atom is 0.325 e. The van der Waals surface area contributed by atoms with E-state index in [1.807, 2.05) is 12.1 Å². The van der Waals surface area contributed by atoms with Gasteiger partial charge in [0.05, 0.1) is 5.69 Å². The highest BCUT2D eigenvalue weighted by Crippen LogP contribution is 2.33. The fourth-order valence-electron chi connectivity index (χ4n) is 2.75. The Bertz CT molecular complexity index is 870. The van der Waals surface area contributed by atoms with E-state index in [2.05, 4.69) is 10.4 Å². The molecule has 3 rings (SSSR count). The van der Waals surface area contributed by atoms with Crippen molar-refractivity contribution in [3.8, 4) is 11.3 Å². The minimum atomic E-state index is -1.12. The van der Waals surface area contributed by atoms with Gasteiger partial charge in [-0.05, 0) is 36.1 Å². The average Bonchev–Trinajstić information content (AvgIpc) is 2.47. The largest absolute Gasteiger partial charge is 0.480 e. The zero-order chi connectivity index (χ0) is 16.6. The summed E-state index contributed by atoms with van der Waals surface area (Å²) in [6.07, 6.45) is 1.45. The predicted molar refractivity (Wildman–Crippen MR) is 83.3 cm³/mol. The molecule has 0 unspecified atom stereocenters. The maximum absolute atomic E-state index is 11.9. The lowest BCUT2D eigenvalue weighted by Gasteiger charge is -2.20. The molecule has 23 heavy (non-hydrogen) atoms. The van der Waals surface area contributed by atoms with Crippen molar-refractivity contribution in [1.82, 2.24) is 9.78 Å². The summed E-state index contributed by atoms with van der Waals surface area (Å²) in [4.78, 5) is 34.0.